The number of anilines is 1. The highest BCUT2D eigenvalue weighted by Crippen LogP contribution is 2.47. The number of carbonyl (C=O) groups is 4. The first-order chi connectivity index (χ1) is 19.3. The van der Waals surface area contributed by atoms with E-state index in [0.29, 0.717) is 26.9 Å². The van der Waals surface area contributed by atoms with E-state index < -0.39 is 41.6 Å². The number of allylic oxidation sites excluding steroid dienone is 2. The van der Waals surface area contributed by atoms with Gasteiger partial charge in [0.2, 0.25) is 11.8 Å². The van der Waals surface area contributed by atoms with Gasteiger partial charge in [0, 0.05) is 22.9 Å². The molecule has 3 aromatic carbocycles. The van der Waals surface area contributed by atoms with E-state index in [2.05, 4.69) is 15.9 Å². The van der Waals surface area contributed by atoms with Gasteiger partial charge in [0.1, 0.15) is 17.6 Å². The lowest BCUT2D eigenvalue weighted by Crippen LogP contribution is -2.46. The molecule has 0 saturated carbocycles. The molecule has 0 bridgehead atoms. The van der Waals surface area contributed by atoms with Gasteiger partial charge in [-0.3, -0.25) is 19.2 Å². The molecule has 7 nitrogen and oxygen atoms in total. The first-order valence-corrected chi connectivity index (χ1v) is 13.4. The lowest BCUT2D eigenvalue weighted by molar-refractivity contribution is -0.123. The lowest BCUT2D eigenvalue weighted by atomic mass is 9.85. The van der Waals surface area contributed by atoms with Crippen molar-refractivity contribution in [2.45, 2.75) is 12.1 Å². The third kappa shape index (κ3) is 4.08. The quantitative estimate of drug-likeness (QED) is 0.293. The Kier molecular flexibility index (Phi) is 6.46. The van der Waals surface area contributed by atoms with Crippen molar-refractivity contribution in [1.29, 1.82) is 0 Å². The van der Waals surface area contributed by atoms with Crippen LogP contribution in [0, 0.1) is 17.7 Å². The minimum Gasteiger partial charge on any atom is -0.496 e. The highest BCUT2D eigenvalue weighted by Gasteiger charge is 2.63. The summed E-state index contributed by atoms with van der Waals surface area (Å²) < 4.78 is 19.5. The summed E-state index contributed by atoms with van der Waals surface area (Å²) in [5, 5.41) is 0. The standard InChI is InChI=1S/C31H22BrFN2O5/c1-40-24-12-7-18(15-22(24)32)29(37)27-26-25(30(38)35(31(26)39)21-10-8-20(33)9-11-21)23-16-19(13-14-34(23)27)28(36)17-5-3-2-4-6-17/h2-16,23,25-27H,1H3/t23-,25+,26-,27+/m1/s1. The molecule has 40 heavy (non-hydrogen) atoms. The van der Waals surface area contributed by atoms with Crippen LogP contribution >= 0.6 is 15.9 Å². The van der Waals surface area contributed by atoms with Crippen molar-refractivity contribution in [2.24, 2.45) is 11.8 Å². The topological polar surface area (TPSA) is 84.0 Å². The second kappa shape index (κ2) is 9.98. The molecule has 3 aliphatic heterocycles. The molecule has 0 spiro atoms. The maximum absolute atomic E-state index is 14.0. The SMILES string of the molecule is COc1ccc(C(=O)[C@@H]2[C@@H]3C(=O)N(c4ccc(F)cc4)C(=O)[C@H]3[C@H]3C=C(C(=O)c4ccccc4)C=CN32)cc1Br. The minimum atomic E-state index is -1.01. The van der Waals surface area contributed by atoms with E-state index in [9.17, 15) is 23.6 Å². The summed E-state index contributed by atoms with van der Waals surface area (Å²) >= 11 is 3.41. The predicted molar refractivity (Wildman–Crippen MR) is 148 cm³/mol. The molecule has 2 amide bonds. The van der Waals surface area contributed by atoms with E-state index in [1.165, 1.54) is 31.4 Å². The average molecular weight is 601 g/mol. The Morgan fingerprint density at radius 1 is 0.900 bits per heavy atom. The van der Waals surface area contributed by atoms with Crippen LogP contribution in [0.2, 0.25) is 0 Å². The fourth-order valence-electron chi connectivity index (χ4n) is 5.79. The number of amides is 2. The van der Waals surface area contributed by atoms with Crippen LogP contribution in [-0.4, -0.2) is 47.5 Å². The molecule has 4 atom stereocenters. The van der Waals surface area contributed by atoms with Crippen molar-refractivity contribution in [3.05, 3.63) is 118 Å². The van der Waals surface area contributed by atoms with Gasteiger partial charge in [-0.15, -0.1) is 0 Å². The van der Waals surface area contributed by atoms with Gasteiger partial charge >= 0.3 is 0 Å². The summed E-state index contributed by atoms with van der Waals surface area (Å²) in [6.45, 7) is 0. The number of ether oxygens (including phenoxy) is 1. The van der Waals surface area contributed by atoms with Gasteiger partial charge in [-0.25, -0.2) is 9.29 Å². The molecule has 0 radical (unpaired) electrons. The summed E-state index contributed by atoms with van der Waals surface area (Å²) in [6, 6.07) is 17.0. The van der Waals surface area contributed by atoms with Crippen LogP contribution in [0.15, 0.2) is 101 Å². The van der Waals surface area contributed by atoms with E-state index in [0.717, 1.165) is 4.90 Å². The summed E-state index contributed by atoms with van der Waals surface area (Å²) in [5.41, 5.74) is 1.42. The van der Waals surface area contributed by atoms with E-state index in [4.69, 9.17) is 4.74 Å². The molecule has 2 fully saturated rings. The number of hydrogen-bond acceptors (Lipinski definition) is 6. The van der Waals surface area contributed by atoms with Gasteiger partial charge in [0.25, 0.3) is 0 Å². The highest BCUT2D eigenvalue weighted by atomic mass is 79.9. The summed E-state index contributed by atoms with van der Waals surface area (Å²) in [7, 11) is 1.51. The smallest absolute Gasteiger partial charge is 0.240 e. The van der Waals surface area contributed by atoms with Crippen molar-refractivity contribution in [1.82, 2.24) is 4.90 Å². The van der Waals surface area contributed by atoms with E-state index in [-0.39, 0.29) is 17.3 Å². The van der Waals surface area contributed by atoms with Crippen molar-refractivity contribution in [2.75, 3.05) is 12.0 Å². The Bertz CT molecular complexity index is 1620. The van der Waals surface area contributed by atoms with Crippen LogP contribution in [0.5, 0.6) is 5.75 Å². The third-order valence-electron chi connectivity index (χ3n) is 7.64. The van der Waals surface area contributed by atoms with Gasteiger partial charge in [-0.2, -0.15) is 0 Å². The van der Waals surface area contributed by atoms with Crippen LogP contribution in [-0.2, 0) is 9.59 Å². The van der Waals surface area contributed by atoms with Crippen LogP contribution in [0.3, 0.4) is 0 Å². The number of halogens is 2. The maximum atomic E-state index is 14.0. The van der Waals surface area contributed by atoms with Crippen LogP contribution in [0.25, 0.3) is 0 Å². The lowest BCUT2D eigenvalue weighted by Gasteiger charge is -2.33. The second-order valence-corrected chi connectivity index (χ2v) is 10.6. The predicted octanol–water partition coefficient (Wildman–Crippen LogP) is 4.97. The van der Waals surface area contributed by atoms with Crippen molar-refractivity contribution in [3.63, 3.8) is 0 Å². The molecule has 0 aliphatic carbocycles. The average Bonchev–Trinajstić information content (AvgIpc) is 3.44. The molecular formula is C31H22BrFN2O5. The van der Waals surface area contributed by atoms with Crippen LogP contribution in [0.1, 0.15) is 20.7 Å². The highest BCUT2D eigenvalue weighted by molar-refractivity contribution is 9.10. The number of fused-ring (bicyclic) bond motifs is 3. The number of rotatable bonds is 6. The minimum absolute atomic E-state index is 0.228. The molecule has 6 rings (SSSR count). The molecule has 0 aromatic heterocycles. The Balaban J connectivity index is 1.43. The number of ketones is 2. The fourth-order valence-corrected chi connectivity index (χ4v) is 6.33. The van der Waals surface area contributed by atoms with Crippen LogP contribution in [0.4, 0.5) is 10.1 Å². The van der Waals surface area contributed by atoms with Crippen molar-refractivity contribution >= 4 is 45.0 Å². The zero-order chi connectivity index (χ0) is 28.1. The van der Waals surface area contributed by atoms with Gasteiger partial charge in [0.05, 0.1) is 35.1 Å². The molecule has 3 aliphatic rings. The molecule has 2 saturated heterocycles. The van der Waals surface area contributed by atoms with Gasteiger partial charge in [-0.1, -0.05) is 36.4 Å². The normalized spacial score (nSPS) is 23.1. The zero-order valence-electron chi connectivity index (χ0n) is 21.2. The molecular weight excluding hydrogens is 579 g/mol. The number of hydrogen-bond donors (Lipinski definition) is 0. The summed E-state index contributed by atoms with van der Waals surface area (Å²) in [4.78, 5) is 57.7. The Morgan fingerprint density at radius 3 is 2.27 bits per heavy atom. The summed E-state index contributed by atoms with van der Waals surface area (Å²) in [5.74, 6) is -3.51. The molecule has 0 N–H and O–H groups in total. The maximum Gasteiger partial charge on any atom is 0.240 e. The molecule has 0 unspecified atom stereocenters. The van der Waals surface area contributed by atoms with E-state index in [1.807, 2.05) is 6.07 Å². The van der Waals surface area contributed by atoms with Gasteiger partial charge in [0.15, 0.2) is 11.6 Å². The Hall–Kier alpha value is -4.37. The second-order valence-electron chi connectivity index (χ2n) is 9.77. The number of Topliss-reactive ketones (excluding diaryl/α,β-unsaturated/α-hetero) is 2. The number of benzene rings is 3. The van der Waals surface area contributed by atoms with E-state index >= 15 is 0 Å². The fraction of sp³-hybridized carbons (Fsp3) is 0.161. The number of imide groups is 1. The third-order valence-corrected chi connectivity index (χ3v) is 8.26. The first kappa shape index (κ1) is 25.9. The molecule has 3 heterocycles. The van der Waals surface area contributed by atoms with Crippen molar-refractivity contribution in [3.8, 4) is 5.75 Å². The van der Waals surface area contributed by atoms with Gasteiger partial charge < -0.3 is 9.64 Å². The monoisotopic (exact) mass is 600 g/mol. The Labute approximate surface area is 237 Å². The Morgan fingerprint density at radius 2 is 1.60 bits per heavy atom. The number of carbonyl (C=O) groups excluding carboxylic acids is 4. The summed E-state index contributed by atoms with van der Waals surface area (Å²) in [6.07, 6.45) is 4.91. The number of nitrogens with zero attached hydrogens (tertiary/aromatic N) is 2. The molecule has 9 heteroatoms. The van der Waals surface area contributed by atoms with Gasteiger partial charge in [-0.05, 0) is 64.5 Å². The molecule has 3 aromatic rings. The van der Waals surface area contributed by atoms with Crippen LogP contribution < -0.4 is 9.64 Å². The molecule has 200 valence electrons. The van der Waals surface area contributed by atoms with Crippen molar-refractivity contribution < 1.29 is 28.3 Å². The first-order valence-electron chi connectivity index (χ1n) is 12.6. The number of methoxy groups -OCH3 is 1. The zero-order valence-corrected chi connectivity index (χ0v) is 22.7. The van der Waals surface area contributed by atoms with E-state index in [1.54, 1.807) is 65.7 Å². The largest absolute Gasteiger partial charge is 0.496 e.